The SMILES string of the molecule is O=[N+]([O-])c1cc(CS(=O)[O-])ccc1Sc1ccccc1F. The fourth-order valence-electron chi connectivity index (χ4n) is 1.66. The molecule has 0 aliphatic heterocycles. The molecule has 2 aromatic rings. The Morgan fingerprint density at radius 3 is 2.52 bits per heavy atom. The molecular weight excluding hydrogens is 317 g/mol. The van der Waals surface area contributed by atoms with Crippen LogP contribution in [0.25, 0.3) is 0 Å². The van der Waals surface area contributed by atoms with Crippen molar-refractivity contribution in [2.24, 2.45) is 0 Å². The smallest absolute Gasteiger partial charge is 0.283 e. The number of halogens is 1. The van der Waals surface area contributed by atoms with Gasteiger partial charge in [-0.15, -0.1) is 0 Å². The summed E-state index contributed by atoms with van der Waals surface area (Å²) < 4.78 is 34.9. The molecule has 0 N–H and O–H groups in total. The quantitative estimate of drug-likeness (QED) is 0.478. The summed E-state index contributed by atoms with van der Waals surface area (Å²) in [6.07, 6.45) is 0. The zero-order chi connectivity index (χ0) is 15.4. The minimum atomic E-state index is -2.33. The van der Waals surface area contributed by atoms with E-state index in [9.17, 15) is 23.3 Å². The predicted molar refractivity (Wildman–Crippen MR) is 76.2 cm³/mol. The number of nitro groups is 1. The van der Waals surface area contributed by atoms with Gasteiger partial charge in [-0.1, -0.05) is 41.0 Å². The van der Waals surface area contributed by atoms with Crippen LogP contribution in [0, 0.1) is 15.9 Å². The lowest BCUT2D eigenvalue weighted by molar-refractivity contribution is -0.387. The molecule has 0 saturated carbocycles. The molecule has 0 radical (unpaired) electrons. The van der Waals surface area contributed by atoms with Crippen molar-refractivity contribution in [3.8, 4) is 0 Å². The summed E-state index contributed by atoms with van der Waals surface area (Å²) in [5.74, 6) is -0.771. The standard InChI is InChI=1S/C13H10FNO4S2/c14-10-3-1-2-4-12(10)20-13-6-5-9(8-21(18)19)7-11(13)15(16)17/h1-7H,8H2,(H,18,19)/p-1. The molecule has 0 aliphatic rings. The van der Waals surface area contributed by atoms with E-state index in [2.05, 4.69) is 0 Å². The maximum Gasteiger partial charge on any atom is 0.283 e. The van der Waals surface area contributed by atoms with Gasteiger partial charge in [0.15, 0.2) is 0 Å². The van der Waals surface area contributed by atoms with Gasteiger partial charge in [0.05, 0.1) is 9.82 Å². The zero-order valence-electron chi connectivity index (χ0n) is 10.5. The number of benzene rings is 2. The molecule has 2 aromatic carbocycles. The number of hydrogen-bond acceptors (Lipinski definition) is 5. The number of rotatable bonds is 5. The van der Waals surface area contributed by atoms with Crippen LogP contribution < -0.4 is 0 Å². The summed E-state index contributed by atoms with van der Waals surface area (Å²) in [7, 11) is 0. The summed E-state index contributed by atoms with van der Waals surface area (Å²) in [6, 6.07) is 10.0. The normalized spacial score (nSPS) is 12.1. The van der Waals surface area contributed by atoms with E-state index in [1.807, 2.05) is 0 Å². The van der Waals surface area contributed by atoms with Crippen LogP contribution in [-0.2, 0) is 16.8 Å². The van der Waals surface area contributed by atoms with Crippen molar-refractivity contribution in [2.45, 2.75) is 15.5 Å². The van der Waals surface area contributed by atoms with E-state index in [1.54, 1.807) is 6.07 Å². The van der Waals surface area contributed by atoms with Crippen molar-refractivity contribution < 1.29 is 18.1 Å². The van der Waals surface area contributed by atoms with Crippen molar-refractivity contribution in [3.05, 3.63) is 64.0 Å². The summed E-state index contributed by atoms with van der Waals surface area (Å²) in [5, 5.41) is 11.1. The Kier molecular flexibility index (Phi) is 5.05. The molecule has 1 atom stereocenters. The molecule has 0 aliphatic carbocycles. The molecule has 21 heavy (non-hydrogen) atoms. The molecule has 5 nitrogen and oxygen atoms in total. The van der Waals surface area contributed by atoms with Gasteiger partial charge in [-0.3, -0.25) is 14.3 Å². The van der Waals surface area contributed by atoms with Crippen LogP contribution in [-0.4, -0.2) is 13.7 Å². The molecule has 1 unspecified atom stereocenters. The van der Waals surface area contributed by atoms with Crippen LogP contribution in [0.4, 0.5) is 10.1 Å². The van der Waals surface area contributed by atoms with Crippen LogP contribution in [0.15, 0.2) is 52.3 Å². The predicted octanol–water partition coefficient (Wildman–Crippen LogP) is 3.26. The highest BCUT2D eigenvalue weighted by Gasteiger charge is 2.17. The molecule has 0 amide bonds. The van der Waals surface area contributed by atoms with Crippen molar-refractivity contribution in [3.63, 3.8) is 0 Å². The van der Waals surface area contributed by atoms with E-state index in [-0.39, 0.29) is 21.2 Å². The van der Waals surface area contributed by atoms with Gasteiger partial charge >= 0.3 is 0 Å². The van der Waals surface area contributed by atoms with Gasteiger partial charge in [-0.2, -0.15) is 0 Å². The maximum absolute atomic E-state index is 13.6. The van der Waals surface area contributed by atoms with Gasteiger partial charge in [-0.25, -0.2) is 4.39 Å². The number of nitro benzene ring substituents is 1. The summed E-state index contributed by atoms with van der Waals surface area (Å²) in [4.78, 5) is 11.0. The highest BCUT2D eigenvalue weighted by atomic mass is 32.2. The van der Waals surface area contributed by atoms with Gasteiger partial charge in [0, 0.05) is 16.7 Å². The Bertz CT molecular complexity index is 708. The number of nitrogens with zero attached hydrogens (tertiary/aromatic N) is 1. The molecular formula is C13H9FNO4S2-. The summed E-state index contributed by atoms with van der Waals surface area (Å²) in [6.45, 7) is 0. The highest BCUT2D eigenvalue weighted by molar-refractivity contribution is 7.99. The molecule has 0 heterocycles. The van der Waals surface area contributed by atoms with Crippen molar-refractivity contribution >= 4 is 28.5 Å². The lowest BCUT2D eigenvalue weighted by Crippen LogP contribution is -1.97. The van der Waals surface area contributed by atoms with E-state index in [1.165, 1.54) is 36.4 Å². The molecule has 8 heteroatoms. The van der Waals surface area contributed by atoms with Crippen molar-refractivity contribution in [1.82, 2.24) is 0 Å². The first-order valence-corrected chi connectivity index (χ1v) is 7.79. The second kappa shape index (κ2) is 6.79. The lowest BCUT2D eigenvalue weighted by atomic mass is 10.2. The van der Waals surface area contributed by atoms with Crippen molar-refractivity contribution in [2.75, 3.05) is 0 Å². The third-order valence-corrected chi connectivity index (χ3v) is 4.25. The first-order chi connectivity index (χ1) is 9.97. The fraction of sp³-hybridized carbons (Fsp3) is 0.0769. The van der Waals surface area contributed by atoms with Crippen molar-refractivity contribution in [1.29, 1.82) is 0 Å². The molecule has 0 aromatic heterocycles. The van der Waals surface area contributed by atoms with E-state index in [4.69, 9.17) is 0 Å². The van der Waals surface area contributed by atoms with Crippen LogP contribution in [0.5, 0.6) is 0 Å². The Morgan fingerprint density at radius 2 is 1.90 bits per heavy atom. The van der Waals surface area contributed by atoms with E-state index < -0.39 is 21.8 Å². The minimum absolute atomic E-state index is 0.244. The molecule has 0 fully saturated rings. The summed E-state index contributed by atoms with van der Waals surface area (Å²) in [5.41, 5.74) is 0.0686. The summed E-state index contributed by atoms with van der Waals surface area (Å²) >= 11 is -1.40. The van der Waals surface area contributed by atoms with E-state index in [0.29, 0.717) is 5.56 Å². The first-order valence-electron chi connectivity index (χ1n) is 5.73. The Balaban J connectivity index is 2.37. The average molecular weight is 326 g/mol. The third-order valence-electron chi connectivity index (χ3n) is 2.56. The van der Waals surface area contributed by atoms with Gasteiger partial charge in [-0.05, 0) is 23.8 Å². The van der Waals surface area contributed by atoms with Gasteiger partial charge in [0.1, 0.15) is 5.82 Å². The van der Waals surface area contributed by atoms with Crippen LogP contribution in [0.1, 0.15) is 5.56 Å². The molecule has 0 bridgehead atoms. The van der Waals surface area contributed by atoms with Crippen LogP contribution in [0.2, 0.25) is 0 Å². The maximum atomic E-state index is 13.6. The topological polar surface area (TPSA) is 83.3 Å². The van der Waals surface area contributed by atoms with Gasteiger partial charge in [0.2, 0.25) is 0 Å². The molecule has 110 valence electrons. The Labute approximate surface area is 126 Å². The van der Waals surface area contributed by atoms with Gasteiger partial charge < -0.3 is 4.55 Å². The van der Waals surface area contributed by atoms with Crippen LogP contribution in [0.3, 0.4) is 0 Å². The fourth-order valence-corrected chi connectivity index (χ4v) is 3.04. The van der Waals surface area contributed by atoms with Crippen LogP contribution >= 0.6 is 11.8 Å². The monoisotopic (exact) mass is 326 g/mol. The first kappa shape index (κ1) is 15.6. The Morgan fingerprint density at radius 1 is 1.19 bits per heavy atom. The third kappa shape index (κ3) is 4.10. The second-order valence-corrected chi connectivity index (χ2v) is 6.02. The highest BCUT2D eigenvalue weighted by Crippen LogP contribution is 2.36. The number of hydrogen-bond donors (Lipinski definition) is 0. The van der Waals surface area contributed by atoms with E-state index >= 15 is 0 Å². The second-order valence-electron chi connectivity index (χ2n) is 4.04. The molecule has 2 rings (SSSR count). The lowest BCUT2D eigenvalue weighted by Gasteiger charge is -2.08. The molecule has 0 spiro atoms. The zero-order valence-corrected chi connectivity index (χ0v) is 12.2. The minimum Gasteiger partial charge on any atom is -0.772 e. The van der Waals surface area contributed by atoms with Gasteiger partial charge in [0.25, 0.3) is 5.69 Å². The Hall–Kier alpha value is -1.77. The largest absolute Gasteiger partial charge is 0.772 e. The van der Waals surface area contributed by atoms with E-state index in [0.717, 1.165) is 11.8 Å². The molecule has 0 saturated heterocycles. The average Bonchev–Trinajstić information content (AvgIpc) is 2.42.